The first-order valence-corrected chi connectivity index (χ1v) is 9.05. The van der Waals surface area contributed by atoms with E-state index in [1.54, 1.807) is 0 Å². The molecule has 0 bridgehead atoms. The van der Waals surface area contributed by atoms with Crippen molar-refractivity contribution < 1.29 is 50.3 Å². The van der Waals surface area contributed by atoms with Crippen LogP contribution in [0.2, 0.25) is 0 Å². The topological polar surface area (TPSA) is 241 Å². The lowest BCUT2D eigenvalue weighted by Crippen LogP contribution is -2.74. The molecule has 1 unspecified atom stereocenters. The number of aromatic nitrogens is 2. The molecule has 0 radical (unpaired) electrons. The van der Waals surface area contributed by atoms with Crippen LogP contribution in [0, 0.1) is 0 Å². The highest BCUT2D eigenvalue weighted by molar-refractivity contribution is 5.25. The molecule has 1 aromatic rings. The molecule has 0 saturated carbocycles. The number of hydrogen-bond acceptors (Lipinski definition) is 13. The highest BCUT2D eigenvalue weighted by atomic mass is 16.6. The van der Waals surface area contributed by atoms with Gasteiger partial charge in [0.25, 0.3) is 0 Å². The molecule has 3 heterocycles. The zero-order valence-corrected chi connectivity index (χ0v) is 15.6. The normalized spacial score (nSPS) is 44.3. The fourth-order valence-corrected chi connectivity index (χ4v) is 4.10. The van der Waals surface area contributed by atoms with Crippen LogP contribution in [0.25, 0.3) is 0 Å². The van der Waals surface area contributed by atoms with Crippen LogP contribution in [0.15, 0.2) is 17.1 Å². The smallest absolute Gasteiger partial charge is 0.352 e. The lowest BCUT2D eigenvalue weighted by molar-refractivity contribution is -0.319. The first-order chi connectivity index (χ1) is 14.1. The van der Waals surface area contributed by atoms with E-state index in [4.69, 9.17) is 15.2 Å². The molecule has 30 heavy (non-hydrogen) atoms. The van der Waals surface area contributed by atoms with Crippen molar-refractivity contribution in [3.8, 4) is 0 Å². The Balaban J connectivity index is 2.22. The summed E-state index contributed by atoms with van der Waals surface area (Å²) in [5.41, 5.74) is -1.10. The minimum absolute atomic E-state index is 0.196. The number of hydrogen-bond donors (Lipinski definition) is 9. The van der Waals surface area contributed by atoms with Crippen molar-refractivity contribution in [1.82, 2.24) is 9.55 Å². The van der Waals surface area contributed by atoms with Crippen LogP contribution in [-0.4, -0.2) is 119 Å². The lowest BCUT2D eigenvalue weighted by Gasteiger charge is -2.51. The lowest BCUT2D eigenvalue weighted by atomic mass is 9.75. The van der Waals surface area contributed by atoms with E-state index in [1.807, 2.05) is 0 Å². The van der Waals surface area contributed by atoms with Crippen molar-refractivity contribution >= 4 is 5.82 Å². The first-order valence-electron chi connectivity index (χ1n) is 9.05. The fourth-order valence-electron chi connectivity index (χ4n) is 4.10. The highest BCUT2D eigenvalue weighted by Crippen LogP contribution is 2.48. The molecule has 2 saturated heterocycles. The molecule has 3 rings (SSSR count). The summed E-state index contributed by atoms with van der Waals surface area (Å²) in [5.74, 6) is -0.196. The van der Waals surface area contributed by atoms with Gasteiger partial charge in [-0.2, -0.15) is 4.98 Å². The molecule has 2 fully saturated rings. The third-order valence-corrected chi connectivity index (χ3v) is 5.71. The molecule has 2 aliphatic heterocycles. The minimum Gasteiger partial charge on any atom is -0.394 e. The van der Waals surface area contributed by atoms with Crippen molar-refractivity contribution in [2.45, 2.75) is 54.1 Å². The van der Waals surface area contributed by atoms with Gasteiger partial charge in [0, 0.05) is 6.20 Å². The van der Waals surface area contributed by atoms with E-state index in [2.05, 4.69) is 4.98 Å². The van der Waals surface area contributed by atoms with Crippen molar-refractivity contribution in [1.29, 1.82) is 0 Å². The molecule has 0 aliphatic carbocycles. The Bertz CT molecular complexity index is 822. The van der Waals surface area contributed by atoms with E-state index >= 15 is 0 Å². The molecule has 0 amide bonds. The van der Waals surface area contributed by atoms with E-state index in [0.717, 1.165) is 12.3 Å². The van der Waals surface area contributed by atoms with Gasteiger partial charge in [-0.1, -0.05) is 0 Å². The summed E-state index contributed by atoms with van der Waals surface area (Å²) in [5, 5.41) is 82.2. The summed E-state index contributed by atoms with van der Waals surface area (Å²) in [4.78, 5) is 16.0. The number of nitrogen functional groups attached to an aromatic ring is 1. The average molecular weight is 435 g/mol. The van der Waals surface area contributed by atoms with E-state index in [1.165, 1.54) is 0 Å². The largest absolute Gasteiger partial charge is 0.394 e. The van der Waals surface area contributed by atoms with Crippen molar-refractivity contribution in [3.63, 3.8) is 0 Å². The molecule has 0 spiro atoms. The number of rotatable bonds is 5. The third-order valence-electron chi connectivity index (χ3n) is 5.71. The first kappa shape index (κ1) is 23.0. The molecule has 14 nitrogen and oxygen atoms in total. The Morgan fingerprint density at radius 2 is 1.70 bits per heavy atom. The molecule has 0 aromatic carbocycles. The zero-order valence-electron chi connectivity index (χ0n) is 15.6. The van der Waals surface area contributed by atoms with Crippen LogP contribution in [-0.2, 0) is 15.2 Å². The predicted octanol–water partition coefficient (Wildman–Crippen LogP) is -6.20. The van der Waals surface area contributed by atoms with E-state index in [9.17, 15) is 45.6 Å². The van der Waals surface area contributed by atoms with E-state index in [-0.39, 0.29) is 5.82 Å². The van der Waals surface area contributed by atoms with Crippen LogP contribution in [0.3, 0.4) is 0 Å². The van der Waals surface area contributed by atoms with Gasteiger partial charge in [0.15, 0.2) is 5.60 Å². The van der Waals surface area contributed by atoms with Crippen molar-refractivity contribution in [2.75, 3.05) is 25.6 Å². The average Bonchev–Trinajstić information content (AvgIpc) is 2.95. The van der Waals surface area contributed by atoms with Gasteiger partial charge in [-0.15, -0.1) is 0 Å². The molecule has 14 heteroatoms. The summed E-state index contributed by atoms with van der Waals surface area (Å²) in [6.45, 7) is -2.90. The highest BCUT2D eigenvalue weighted by Gasteiger charge is 2.73. The molecular formula is C16H25N3O11. The number of ether oxygens (including phenoxy) is 2. The van der Waals surface area contributed by atoms with Gasteiger partial charge in [-0.25, -0.2) is 4.79 Å². The number of nitrogens with two attached hydrogens (primary N) is 1. The predicted molar refractivity (Wildman–Crippen MR) is 94.7 cm³/mol. The standard InChI is InChI=1S/C16H25N3O11/c17-8-1-2-19(14(27)18-8)15(5-22)16(28,12(26)7(4-21)30-15)13-11(25)10(24)9(23)6(3-20)29-13/h1-2,6-7,9-13,20-26,28H,3-5H2,(H2,17,18,27)/t6-,7-,9-,10+,11-,12-,13?,15-,16+/m1/s1. The molecule has 10 N–H and O–H groups in total. The summed E-state index contributed by atoms with van der Waals surface area (Å²) < 4.78 is 11.5. The summed E-state index contributed by atoms with van der Waals surface area (Å²) in [7, 11) is 0. The third kappa shape index (κ3) is 3.04. The zero-order chi connectivity index (χ0) is 22.4. The van der Waals surface area contributed by atoms with Gasteiger partial charge >= 0.3 is 5.69 Å². The number of anilines is 1. The Morgan fingerprint density at radius 1 is 1.07 bits per heavy atom. The molecule has 2 aliphatic rings. The second kappa shape index (κ2) is 8.08. The van der Waals surface area contributed by atoms with Crippen LogP contribution in [0.1, 0.15) is 0 Å². The number of nitrogens with zero attached hydrogens (tertiary/aromatic N) is 2. The van der Waals surface area contributed by atoms with Gasteiger partial charge in [0.05, 0.1) is 19.8 Å². The molecular weight excluding hydrogens is 410 g/mol. The van der Waals surface area contributed by atoms with Crippen LogP contribution >= 0.6 is 0 Å². The molecule has 1 aromatic heterocycles. The van der Waals surface area contributed by atoms with E-state index < -0.39 is 79.6 Å². The molecule has 170 valence electrons. The van der Waals surface area contributed by atoms with E-state index in [0.29, 0.717) is 4.57 Å². The summed E-state index contributed by atoms with van der Waals surface area (Å²) >= 11 is 0. The van der Waals surface area contributed by atoms with Gasteiger partial charge < -0.3 is 56.1 Å². The minimum atomic E-state index is -2.88. The van der Waals surface area contributed by atoms with Crippen LogP contribution < -0.4 is 11.4 Å². The Labute approximate surface area is 169 Å². The Hall–Kier alpha value is -1.72. The maximum absolute atomic E-state index is 12.5. The maximum atomic E-state index is 12.5. The van der Waals surface area contributed by atoms with Crippen LogP contribution in [0.4, 0.5) is 5.82 Å². The molecule has 9 atom stereocenters. The van der Waals surface area contributed by atoms with Crippen molar-refractivity contribution in [2.24, 2.45) is 0 Å². The van der Waals surface area contributed by atoms with Gasteiger partial charge in [0.2, 0.25) is 5.72 Å². The number of aliphatic hydroxyl groups is 8. The maximum Gasteiger partial charge on any atom is 0.352 e. The van der Waals surface area contributed by atoms with Crippen molar-refractivity contribution in [3.05, 3.63) is 22.7 Å². The Kier molecular flexibility index (Phi) is 6.18. The SMILES string of the molecule is Nc1ccn([C@]2(CO)O[C@H](CO)[C@@H](O)[C@]2(O)C2O[C@H](CO)[C@@H](O)[C@H](O)[C@H]2O)c(=O)n1. The van der Waals surface area contributed by atoms with Crippen LogP contribution in [0.5, 0.6) is 0 Å². The monoisotopic (exact) mass is 435 g/mol. The van der Waals surface area contributed by atoms with Gasteiger partial charge in [-0.3, -0.25) is 4.57 Å². The number of aliphatic hydroxyl groups excluding tert-OH is 7. The van der Waals surface area contributed by atoms with Gasteiger partial charge in [-0.05, 0) is 6.07 Å². The van der Waals surface area contributed by atoms with Gasteiger partial charge in [0.1, 0.15) is 48.5 Å². The second-order valence-corrected chi connectivity index (χ2v) is 7.31. The second-order valence-electron chi connectivity index (χ2n) is 7.31. The summed E-state index contributed by atoms with van der Waals surface area (Å²) in [6.07, 6.45) is -11.9. The Morgan fingerprint density at radius 3 is 2.23 bits per heavy atom. The summed E-state index contributed by atoms with van der Waals surface area (Å²) in [6, 6.07) is 1.13. The fraction of sp³-hybridized carbons (Fsp3) is 0.750. The quantitative estimate of drug-likeness (QED) is 0.209.